The Morgan fingerprint density at radius 1 is 1.23 bits per heavy atom. The molecule has 0 unspecified atom stereocenters. The highest BCUT2D eigenvalue weighted by atomic mass is 19.1. The number of hydrogen-bond donors (Lipinski definition) is 2. The zero-order valence-corrected chi connectivity index (χ0v) is 18.0. The summed E-state index contributed by atoms with van der Waals surface area (Å²) in [6.07, 6.45) is 3.14. The summed E-state index contributed by atoms with van der Waals surface area (Å²) >= 11 is 0. The van der Waals surface area contributed by atoms with Crippen LogP contribution in [0.4, 0.5) is 4.39 Å². The van der Waals surface area contributed by atoms with Gasteiger partial charge in [0.05, 0.1) is 23.5 Å². The molecule has 2 N–H and O–H groups in total. The minimum atomic E-state index is -0.479. The van der Waals surface area contributed by atoms with E-state index in [1.54, 1.807) is 17.7 Å². The summed E-state index contributed by atoms with van der Waals surface area (Å²) in [5.41, 5.74) is 1.49. The van der Waals surface area contributed by atoms with Crippen LogP contribution in [0.25, 0.3) is 5.69 Å². The van der Waals surface area contributed by atoms with Gasteiger partial charge in [0.2, 0.25) is 0 Å². The molecule has 0 spiro atoms. The summed E-state index contributed by atoms with van der Waals surface area (Å²) in [4.78, 5) is 31.7. The summed E-state index contributed by atoms with van der Waals surface area (Å²) in [6, 6.07) is 4.09. The van der Waals surface area contributed by atoms with Crippen molar-refractivity contribution in [1.29, 1.82) is 0 Å². The first-order valence-corrected chi connectivity index (χ1v) is 10.2. The maximum Gasteiger partial charge on any atom is 0.272 e. The lowest BCUT2D eigenvalue weighted by Crippen LogP contribution is -2.62. The normalized spacial score (nSPS) is 20.3. The third-order valence-electron chi connectivity index (χ3n) is 5.79. The lowest BCUT2D eigenvalue weighted by atomic mass is 9.79. The van der Waals surface area contributed by atoms with E-state index in [2.05, 4.69) is 43.3 Å². The van der Waals surface area contributed by atoms with Crippen LogP contribution in [0.5, 0.6) is 0 Å². The number of halogens is 1. The van der Waals surface area contributed by atoms with Crippen molar-refractivity contribution in [2.45, 2.75) is 64.2 Å². The van der Waals surface area contributed by atoms with Gasteiger partial charge in [0.15, 0.2) is 5.69 Å². The molecule has 30 heavy (non-hydrogen) atoms. The Morgan fingerprint density at radius 2 is 1.90 bits per heavy atom. The molecule has 1 aromatic heterocycles. The third-order valence-corrected chi connectivity index (χ3v) is 5.79. The van der Waals surface area contributed by atoms with Crippen LogP contribution in [-0.4, -0.2) is 50.4 Å². The van der Waals surface area contributed by atoms with Gasteiger partial charge >= 0.3 is 0 Å². The topological polar surface area (TPSA) is 79.3 Å². The smallest absolute Gasteiger partial charge is 0.272 e. The van der Waals surface area contributed by atoms with Crippen molar-refractivity contribution in [3.05, 3.63) is 47.3 Å². The molecule has 0 radical (unpaired) electrons. The molecule has 7 nitrogen and oxygen atoms in total. The van der Waals surface area contributed by atoms with Gasteiger partial charge < -0.3 is 15.5 Å². The van der Waals surface area contributed by atoms with E-state index >= 15 is 0 Å². The van der Waals surface area contributed by atoms with Gasteiger partial charge in [-0.1, -0.05) is 0 Å². The molecular weight excluding hydrogens is 385 g/mol. The quantitative estimate of drug-likeness (QED) is 0.793. The van der Waals surface area contributed by atoms with Gasteiger partial charge in [-0.05, 0) is 58.7 Å². The van der Waals surface area contributed by atoms with Crippen molar-refractivity contribution < 1.29 is 14.0 Å². The average Bonchev–Trinajstić information content (AvgIpc) is 2.97. The second kappa shape index (κ2) is 6.91. The molecule has 2 aliphatic heterocycles. The monoisotopic (exact) mass is 413 g/mol. The van der Waals surface area contributed by atoms with Crippen LogP contribution in [0.2, 0.25) is 0 Å². The molecule has 3 heterocycles. The van der Waals surface area contributed by atoms with Crippen LogP contribution in [0, 0.1) is 5.82 Å². The first-order valence-electron chi connectivity index (χ1n) is 10.2. The molecule has 0 bridgehead atoms. The number of amides is 2. The number of imidazole rings is 1. The molecule has 1 fully saturated rings. The molecule has 8 heteroatoms. The SMILES string of the molecule is CN1Cc2c(C(=O)NC3CC(C)(C)NC(C)(C)C3)ncn2-c2ccc(F)cc2C1=O. The van der Waals surface area contributed by atoms with Crippen molar-refractivity contribution in [2.75, 3.05) is 7.05 Å². The molecule has 0 saturated carbocycles. The first-order chi connectivity index (χ1) is 14.0. The van der Waals surface area contributed by atoms with E-state index in [-0.39, 0.29) is 41.0 Å². The number of nitrogens with one attached hydrogen (secondary N) is 2. The van der Waals surface area contributed by atoms with Gasteiger partial charge in [-0.25, -0.2) is 9.37 Å². The summed E-state index contributed by atoms with van der Waals surface area (Å²) in [7, 11) is 1.64. The van der Waals surface area contributed by atoms with E-state index in [0.717, 1.165) is 12.8 Å². The Labute approximate surface area is 175 Å². The molecule has 1 aromatic carbocycles. The molecule has 0 atom stereocenters. The lowest BCUT2D eigenvalue weighted by molar-refractivity contribution is 0.0781. The zero-order chi connectivity index (χ0) is 21.8. The minimum Gasteiger partial charge on any atom is -0.348 e. The van der Waals surface area contributed by atoms with E-state index < -0.39 is 5.82 Å². The number of piperidine rings is 1. The molecule has 0 aliphatic carbocycles. The molecule has 1 saturated heterocycles. The van der Waals surface area contributed by atoms with Gasteiger partial charge in [-0.2, -0.15) is 0 Å². The number of aromatic nitrogens is 2. The molecule has 2 aromatic rings. The van der Waals surface area contributed by atoms with Gasteiger partial charge in [0, 0.05) is 24.2 Å². The van der Waals surface area contributed by atoms with E-state index in [9.17, 15) is 14.0 Å². The zero-order valence-electron chi connectivity index (χ0n) is 18.0. The fourth-order valence-electron chi connectivity index (χ4n) is 4.99. The minimum absolute atomic E-state index is 0.00706. The van der Waals surface area contributed by atoms with Crippen LogP contribution in [0.15, 0.2) is 24.5 Å². The van der Waals surface area contributed by atoms with Crippen LogP contribution in [-0.2, 0) is 6.54 Å². The number of nitrogens with zero attached hydrogens (tertiary/aromatic N) is 3. The third kappa shape index (κ3) is 3.71. The van der Waals surface area contributed by atoms with Crippen LogP contribution < -0.4 is 10.6 Å². The number of hydrogen-bond acceptors (Lipinski definition) is 4. The second-order valence-corrected chi connectivity index (χ2v) is 9.70. The first kappa shape index (κ1) is 20.5. The van der Waals surface area contributed by atoms with E-state index in [1.165, 1.54) is 23.4 Å². The number of benzene rings is 1. The van der Waals surface area contributed by atoms with Crippen molar-refractivity contribution in [1.82, 2.24) is 25.1 Å². The summed E-state index contributed by atoms with van der Waals surface area (Å²) < 4.78 is 15.5. The highest BCUT2D eigenvalue weighted by Gasteiger charge is 2.39. The Morgan fingerprint density at radius 3 is 2.57 bits per heavy atom. The molecule has 4 rings (SSSR count). The summed E-state index contributed by atoms with van der Waals surface area (Å²) in [5.74, 6) is -1.02. The van der Waals surface area contributed by atoms with Crippen molar-refractivity contribution in [3.63, 3.8) is 0 Å². The van der Waals surface area contributed by atoms with Crippen molar-refractivity contribution in [2.24, 2.45) is 0 Å². The van der Waals surface area contributed by atoms with Crippen LogP contribution in [0.1, 0.15) is 67.1 Å². The maximum atomic E-state index is 13.8. The van der Waals surface area contributed by atoms with Crippen LogP contribution in [0.3, 0.4) is 0 Å². The van der Waals surface area contributed by atoms with E-state index in [4.69, 9.17) is 0 Å². The van der Waals surface area contributed by atoms with Gasteiger partial charge in [0.1, 0.15) is 12.1 Å². The number of fused-ring (bicyclic) bond motifs is 3. The Balaban J connectivity index is 1.66. The highest BCUT2D eigenvalue weighted by molar-refractivity contribution is 5.99. The maximum absolute atomic E-state index is 13.8. The van der Waals surface area contributed by atoms with Gasteiger partial charge in [0.25, 0.3) is 11.8 Å². The summed E-state index contributed by atoms with van der Waals surface area (Å²) in [5, 5.41) is 6.75. The molecule has 2 aliphatic rings. The predicted molar refractivity (Wildman–Crippen MR) is 111 cm³/mol. The standard InChI is InChI=1S/C22H28FN5O2/c1-21(2)9-14(10-22(3,4)26-21)25-19(29)18-17-11-27(5)20(30)15-8-13(23)6-7-16(15)28(17)12-24-18/h6-8,12,14,26H,9-11H2,1-5H3,(H,25,29). The predicted octanol–water partition coefficient (Wildman–Crippen LogP) is 2.64. The van der Waals surface area contributed by atoms with Crippen LogP contribution >= 0.6 is 0 Å². The molecule has 2 amide bonds. The average molecular weight is 413 g/mol. The Bertz CT molecular complexity index is 1010. The lowest BCUT2D eigenvalue weighted by Gasteiger charge is -2.46. The van der Waals surface area contributed by atoms with Crippen molar-refractivity contribution in [3.8, 4) is 5.69 Å². The Hall–Kier alpha value is -2.74. The van der Waals surface area contributed by atoms with Crippen molar-refractivity contribution >= 4 is 11.8 Å². The Kier molecular flexibility index (Phi) is 4.73. The van der Waals surface area contributed by atoms with E-state index in [0.29, 0.717) is 17.1 Å². The highest BCUT2D eigenvalue weighted by Crippen LogP contribution is 2.30. The molecule has 160 valence electrons. The second-order valence-electron chi connectivity index (χ2n) is 9.70. The number of carbonyl (C=O) groups excluding carboxylic acids is 2. The van der Waals surface area contributed by atoms with E-state index in [1.807, 2.05) is 0 Å². The van der Waals surface area contributed by atoms with Gasteiger partial charge in [-0.15, -0.1) is 0 Å². The molecular formula is C22H28FN5O2. The number of rotatable bonds is 2. The fraction of sp³-hybridized carbons (Fsp3) is 0.500. The fourth-order valence-corrected chi connectivity index (χ4v) is 4.99. The number of carbonyl (C=O) groups is 2. The summed E-state index contributed by atoms with van der Waals surface area (Å²) in [6.45, 7) is 8.73. The largest absolute Gasteiger partial charge is 0.348 e. The van der Waals surface area contributed by atoms with Gasteiger partial charge in [-0.3, -0.25) is 14.2 Å².